The van der Waals surface area contributed by atoms with Crippen LogP contribution in [0, 0.1) is 0 Å². The number of rotatable bonds is 9. The second-order valence-electron chi connectivity index (χ2n) is 7.36. The third-order valence-electron chi connectivity index (χ3n) is 5.59. The number of aliphatic imine (C=N–C) groups is 1. The van der Waals surface area contributed by atoms with E-state index in [1.54, 1.807) is 0 Å². The lowest BCUT2D eigenvalue weighted by molar-refractivity contribution is 0.205. The van der Waals surface area contributed by atoms with Gasteiger partial charge >= 0.3 is 0 Å². The number of nitrogens with zero attached hydrogens (tertiary/aromatic N) is 3. The summed E-state index contributed by atoms with van der Waals surface area (Å²) in [6, 6.07) is 11.7. The maximum atomic E-state index is 4.48. The smallest absolute Gasteiger partial charge is 0.191 e. The van der Waals surface area contributed by atoms with E-state index in [4.69, 9.17) is 0 Å². The number of halogens is 1. The Morgan fingerprint density at radius 1 is 1.14 bits per heavy atom. The van der Waals surface area contributed by atoms with Crippen LogP contribution in [-0.4, -0.2) is 68.1 Å². The Hall–Kier alpha value is -0.860. The fraction of sp³-hybridized carbons (Fsp3) is 0.682. The zero-order valence-corrected chi connectivity index (χ0v) is 20.5. The van der Waals surface area contributed by atoms with Gasteiger partial charge in [0.15, 0.2) is 5.96 Å². The second kappa shape index (κ2) is 14.2. The van der Waals surface area contributed by atoms with Crippen LogP contribution in [0.3, 0.4) is 0 Å². The third-order valence-corrected chi connectivity index (χ3v) is 5.59. The van der Waals surface area contributed by atoms with Crippen molar-refractivity contribution in [3.05, 3.63) is 35.9 Å². The average molecular weight is 502 g/mol. The van der Waals surface area contributed by atoms with Gasteiger partial charge in [0.2, 0.25) is 0 Å². The molecule has 1 aliphatic rings. The van der Waals surface area contributed by atoms with Gasteiger partial charge in [-0.3, -0.25) is 9.89 Å². The van der Waals surface area contributed by atoms with Crippen molar-refractivity contribution in [3.8, 4) is 0 Å². The van der Waals surface area contributed by atoms with Crippen molar-refractivity contribution in [3.63, 3.8) is 0 Å². The molecule has 1 saturated heterocycles. The zero-order chi connectivity index (χ0) is 19.5. The molecule has 0 amide bonds. The number of piperidine rings is 1. The highest BCUT2D eigenvalue weighted by atomic mass is 127. The van der Waals surface area contributed by atoms with Crippen molar-refractivity contribution >= 4 is 29.9 Å². The first-order valence-electron chi connectivity index (χ1n) is 10.7. The molecule has 5 nitrogen and oxygen atoms in total. The summed E-state index contributed by atoms with van der Waals surface area (Å²) < 4.78 is 0. The lowest BCUT2D eigenvalue weighted by Crippen LogP contribution is -2.50. The van der Waals surface area contributed by atoms with Gasteiger partial charge in [0.05, 0.1) is 6.04 Å². The Morgan fingerprint density at radius 3 is 2.32 bits per heavy atom. The van der Waals surface area contributed by atoms with E-state index >= 15 is 0 Å². The van der Waals surface area contributed by atoms with E-state index in [0.717, 1.165) is 25.6 Å². The van der Waals surface area contributed by atoms with Crippen molar-refractivity contribution in [1.82, 2.24) is 20.4 Å². The van der Waals surface area contributed by atoms with Crippen molar-refractivity contribution in [1.29, 1.82) is 0 Å². The van der Waals surface area contributed by atoms with Gasteiger partial charge in [-0.15, -0.1) is 24.0 Å². The first-order chi connectivity index (χ1) is 13.2. The van der Waals surface area contributed by atoms with Crippen LogP contribution in [0.4, 0.5) is 0 Å². The largest absolute Gasteiger partial charge is 0.354 e. The van der Waals surface area contributed by atoms with Crippen LogP contribution in [-0.2, 0) is 0 Å². The minimum Gasteiger partial charge on any atom is -0.354 e. The van der Waals surface area contributed by atoms with Crippen LogP contribution < -0.4 is 10.6 Å². The molecule has 0 aliphatic carbocycles. The van der Waals surface area contributed by atoms with Gasteiger partial charge < -0.3 is 15.5 Å². The van der Waals surface area contributed by atoms with Gasteiger partial charge in [0, 0.05) is 32.7 Å². The van der Waals surface area contributed by atoms with Crippen molar-refractivity contribution < 1.29 is 0 Å². The molecule has 160 valence electrons. The predicted octanol–water partition coefficient (Wildman–Crippen LogP) is 3.73. The molecule has 28 heavy (non-hydrogen) atoms. The molecule has 1 aromatic rings. The Labute approximate surface area is 189 Å². The molecule has 1 atom stereocenters. The number of benzene rings is 1. The van der Waals surface area contributed by atoms with Gasteiger partial charge in [-0.25, -0.2) is 0 Å². The molecule has 1 fully saturated rings. The second-order valence-corrected chi connectivity index (χ2v) is 7.36. The van der Waals surface area contributed by atoms with Crippen LogP contribution in [0.2, 0.25) is 0 Å². The normalized spacial score (nSPS) is 17.2. The SMILES string of the molecule is CCCN1CCC(NC(=NC)NCC(c2ccccc2)N(CC)CC)CC1.I. The summed E-state index contributed by atoms with van der Waals surface area (Å²) in [6.45, 7) is 13.3. The van der Waals surface area contributed by atoms with Gasteiger partial charge in [-0.05, 0) is 44.5 Å². The van der Waals surface area contributed by atoms with E-state index in [-0.39, 0.29) is 24.0 Å². The number of hydrogen-bond donors (Lipinski definition) is 2. The van der Waals surface area contributed by atoms with Gasteiger partial charge in [-0.1, -0.05) is 51.1 Å². The number of guanidine groups is 1. The average Bonchev–Trinajstić information content (AvgIpc) is 2.72. The minimum atomic E-state index is 0. The lowest BCUT2D eigenvalue weighted by atomic mass is 10.0. The predicted molar refractivity (Wildman–Crippen MR) is 132 cm³/mol. The highest BCUT2D eigenvalue weighted by Gasteiger charge is 2.21. The number of hydrogen-bond acceptors (Lipinski definition) is 3. The van der Waals surface area contributed by atoms with E-state index in [1.807, 2.05) is 7.05 Å². The summed E-state index contributed by atoms with van der Waals surface area (Å²) in [7, 11) is 1.87. The fourth-order valence-electron chi connectivity index (χ4n) is 4.00. The summed E-state index contributed by atoms with van der Waals surface area (Å²) in [4.78, 5) is 9.54. The standard InChI is InChI=1S/C22H39N5.HI/c1-5-15-26-16-13-20(14-17-26)25-22(23-4)24-18-21(27(6-2)7-3)19-11-9-8-10-12-19;/h8-12,20-21H,5-7,13-18H2,1-4H3,(H2,23,24,25);1H. The maximum absolute atomic E-state index is 4.48. The van der Waals surface area contributed by atoms with Crippen molar-refractivity contribution in [2.75, 3.05) is 46.3 Å². The number of likely N-dealkylation sites (tertiary alicyclic amines) is 1. The molecule has 0 bridgehead atoms. The summed E-state index contributed by atoms with van der Waals surface area (Å²) >= 11 is 0. The third kappa shape index (κ3) is 7.87. The molecule has 0 radical (unpaired) electrons. The molecule has 1 heterocycles. The zero-order valence-electron chi connectivity index (χ0n) is 18.2. The number of nitrogens with one attached hydrogen (secondary N) is 2. The Morgan fingerprint density at radius 2 is 1.79 bits per heavy atom. The summed E-state index contributed by atoms with van der Waals surface area (Å²) in [5.74, 6) is 0.928. The van der Waals surface area contributed by atoms with Crippen LogP contribution in [0.15, 0.2) is 35.3 Å². The molecule has 0 saturated carbocycles. The molecule has 1 aromatic carbocycles. The van der Waals surface area contributed by atoms with Gasteiger partial charge in [-0.2, -0.15) is 0 Å². The fourth-order valence-corrected chi connectivity index (χ4v) is 4.00. The van der Waals surface area contributed by atoms with E-state index in [9.17, 15) is 0 Å². The van der Waals surface area contributed by atoms with Crippen LogP contribution in [0.5, 0.6) is 0 Å². The summed E-state index contributed by atoms with van der Waals surface area (Å²) in [5, 5.41) is 7.23. The van der Waals surface area contributed by atoms with Crippen LogP contribution in [0.25, 0.3) is 0 Å². The summed E-state index contributed by atoms with van der Waals surface area (Å²) in [5.41, 5.74) is 1.36. The number of likely N-dealkylation sites (N-methyl/N-ethyl adjacent to an activating group) is 1. The molecule has 1 aliphatic heterocycles. The van der Waals surface area contributed by atoms with Gasteiger partial charge in [0.25, 0.3) is 0 Å². The maximum Gasteiger partial charge on any atom is 0.191 e. The molecular weight excluding hydrogens is 461 g/mol. The minimum absolute atomic E-state index is 0. The molecule has 1 unspecified atom stereocenters. The summed E-state index contributed by atoms with van der Waals surface area (Å²) in [6.07, 6.45) is 3.63. The first-order valence-corrected chi connectivity index (χ1v) is 10.7. The molecule has 0 spiro atoms. The monoisotopic (exact) mass is 501 g/mol. The highest BCUT2D eigenvalue weighted by Crippen LogP contribution is 2.19. The van der Waals surface area contributed by atoms with Crippen molar-refractivity contribution in [2.45, 2.75) is 52.1 Å². The Balaban J connectivity index is 0.00000392. The first kappa shape index (κ1) is 25.2. The molecule has 6 heteroatoms. The Bertz CT molecular complexity index is 539. The van der Waals surface area contributed by atoms with E-state index in [0.29, 0.717) is 12.1 Å². The topological polar surface area (TPSA) is 42.9 Å². The highest BCUT2D eigenvalue weighted by molar-refractivity contribution is 14.0. The molecular formula is C22H40IN5. The molecule has 2 rings (SSSR count). The van der Waals surface area contributed by atoms with Gasteiger partial charge in [0.1, 0.15) is 0 Å². The quantitative estimate of drug-likeness (QED) is 0.308. The van der Waals surface area contributed by atoms with E-state index in [1.165, 1.54) is 44.5 Å². The van der Waals surface area contributed by atoms with E-state index in [2.05, 4.69) is 76.5 Å². The molecule has 0 aromatic heterocycles. The van der Waals surface area contributed by atoms with E-state index < -0.39 is 0 Å². The van der Waals surface area contributed by atoms with Crippen LogP contribution in [0.1, 0.15) is 51.6 Å². The molecule has 2 N–H and O–H groups in total. The van der Waals surface area contributed by atoms with Crippen LogP contribution >= 0.6 is 24.0 Å². The lowest BCUT2D eigenvalue weighted by Gasteiger charge is -2.34. The Kier molecular flexibility index (Phi) is 12.7. The van der Waals surface area contributed by atoms with Crippen molar-refractivity contribution in [2.24, 2.45) is 4.99 Å².